The number of hydrogen-bond acceptors (Lipinski definition) is 5. The summed E-state index contributed by atoms with van der Waals surface area (Å²) in [5, 5.41) is 1.13. The first kappa shape index (κ1) is 19.9. The van der Waals surface area contributed by atoms with Gasteiger partial charge in [-0.15, -0.1) is 0 Å². The molecule has 1 atom stereocenters. The van der Waals surface area contributed by atoms with Crippen LogP contribution in [0.3, 0.4) is 0 Å². The van der Waals surface area contributed by atoms with Gasteiger partial charge in [0.1, 0.15) is 6.61 Å². The van der Waals surface area contributed by atoms with Crippen LogP contribution < -0.4 is 5.56 Å². The van der Waals surface area contributed by atoms with E-state index in [-0.39, 0.29) is 18.1 Å². The number of aryl methyl sites for hydroxylation is 1. The van der Waals surface area contributed by atoms with Crippen molar-refractivity contribution in [1.82, 2.24) is 14.5 Å². The van der Waals surface area contributed by atoms with Crippen molar-refractivity contribution in [2.45, 2.75) is 52.3 Å². The van der Waals surface area contributed by atoms with Crippen LogP contribution >= 0.6 is 0 Å². The van der Waals surface area contributed by atoms with E-state index in [2.05, 4.69) is 44.1 Å². The summed E-state index contributed by atoms with van der Waals surface area (Å²) in [5.74, 6) is -0.264. The van der Waals surface area contributed by atoms with E-state index in [9.17, 15) is 9.59 Å². The summed E-state index contributed by atoms with van der Waals surface area (Å²) in [4.78, 5) is 33.1. The lowest BCUT2D eigenvalue weighted by atomic mass is 9.76. The summed E-state index contributed by atoms with van der Waals surface area (Å²) in [6.07, 6.45) is 0.576. The van der Waals surface area contributed by atoms with Crippen LogP contribution in [0.5, 0.6) is 0 Å². The number of esters is 1. The third-order valence-electron chi connectivity index (χ3n) is 6.97. The maximum atomic E-state index is 13.4. The van der Waals surface area contributed by atoms with Gasteiger partial charge in [0, 0.05) is 17.5 Å². The monoisotopic (exact) mass is 417 g/mol. The number of ether oxygens (including phenoxy) is 1. The van der Waals surface area contributed by atoms with Crippen LogP contribution in [-0.4, -0.2) is 34.5 Å². The average molecular weight is 418 g/mol. The normalized spacial score (nSPS) is 19.4. The lowest BCUT2D eigenvalue weighted by Gasteiger charge is -2.33. The summed E-state index contributed by atoms with van der Waals surface area (Å²) >= 11 is 0. The molecule has 0 N–H and O–H groups in total. The van der Waals surface area contributed by atoms with Gasteiger partial charge in [0.2, 0.25) is 0 Å². The Morgan fingerprint density at radius 2 is 2.00 bits per heavy atom. The van der Waals surface area contributed by atoms with Crippen LogP contribution in [0.25, 0.3) is 22.3 Å². The molecular weight excluding hydrogens is 390 g/mol. The number of hydrogen-bond donors (Lipinski definition) is 0. The van der Waals surface area contributed by atoms with Gasteiger partial charge in [-0.2, -0.15) is 0 Å². The van der Waals surface area contributed by atoms with Crippen molar-refractivity contribution < 1.29 is 9.53 Å². The highest BCUT2D eigenvalue weighted by molar-refractivity contribution is 5.89. The molecule has 2 aliphatic heterocycles. The third kappa shape index (κ3) is 2.78. The molecule has 0 amide bonds. The van der Waals surface area contributed by atoms with Gasteiger partial charge in [-0.25, -0.2) is 4.98 Å². The van der Waals surface area contributed by atoms with Crippen molar-refractivity contribution in [3.8, 4) is 11.4 Å². The Morgan fingerprint density at radius 3 is 2.71 bits per heavy atom. The molecule has 0 radical (unpaired) electrons. The molecule has 0 bridgehead atoms. The fourth-order valence-corrected chi connectivity index (χ4v) is 4.91. The Bertz CT molecular complexity index is 1320. The molecule has 6 nitrogen and oxygen atoms in total. The van der Waals surface area contributed by atoms with Gasteiger partial charge in [0.25, 0.3) is 5.56 Å². The number of fused-ring (bicyclic) bond motifs is 5. The molecule has 0 spiro atoms. The summed E-state index contributed by atoms with van der Waals surface area (Å²) < 4.78 is 7.17. The fourth-order valence-electron chi connectivity index (χ4n) is 4.91. The van der Waals surface area contributed by atoms with Crippen molar-refractivity contribution in [1.29, 1.82) is 0 Å². The van der Waals surface area contributed by atoms with Gasteiger partial charge in [0.15, 0.2) is 0 Å². The summed E-state index contributed by atoms with van der Waals surface area (Å²) in [6.45, 7) is 7.31. The second kappa shape index (κ2) is 6.76. The summed E-state index contributed by atoms with van der Waals surface area (Å²) in [7, 11) is 4.13. The molecule has 160 valence electrons. The zero-order chi connectivity index (χ0) is 22.1. The Kier molecular flexibility index (Phi) is 4.35. The maximum absolute atomic E-state index is 13.4. The molecule has 2 aromatic heterocycles. The van der Waals surface area contributed by atoms with Crippen LogP contribution in [0.15, 0.2) is 29.1 Å². The first-order chi connectivity index (χ1) is 14.7. The van der Waals surface area contributed by atoms with E-state index in [0.717, 1.165) is 40.0 Å². The molecule has 0 fully saturated rings. The van der Waals surface area contributed by atoms with Crippen LogP contribution in [0.2, 0.25) is 0 Å². The van der Waals surface area contributed by atoms with Crippen molar-refractivity contribution >= 4 is 16.9 Å². The molecule has 1 unspecified atom stereocenters. The highest BCUT2D eigenvalue weighted by Crippen LogP contribution is 2.40. The maximum Gasteiger partial charge on any atom is 0.316 e. The van der Waals surface area contributed by atoms with Crippen molar-refractivity contribution in [2.75, 3.05) is 14.1 Å². The van der Waals surface area contributed by atoms with E-state index >= 15 is 0 Å². The minimum Gasteiger partial charge on any atom is -0.460 e. The standard InChI is InChI=1S/C25H27N3O3/c1-6-25(3)19-10-21-22-15(11-28(21)23(29)18(19)13-31-24(25)30)9-16-17(12-27(4)5)14(2)7-8-20(16)26-22/h7-10H,6,11-13H2,1-5H3. The molecule has 0 saturated carbocycles. The number of nitrogens with zero attached hydrogens (tertiary/aromatic N) is 3. The molecule has 4 heterocycles. The number of carbonyl (C=O) groups excluding carboxylic acids is 1. The Morgan fingerprint density at radius 1 is 1.23 bits per heavy atom. The zero-order valence-corrected chi connectivity index (χ0v) is 18.7. The number of cyclic esters (lactones) is 1. The van der Waals surface area contributed by atoms with Crippen LogP contribution in [0.4, 0.5) is 0 Å². The van der Waals surface area contributed by atoms with E-state index in [1.807, 2.05) is 19.9 Å². The first-order valence-corrected chi connectivity index (χ1v) is 10.8. The molecular formula is C25H27N3O3. The molecule has 2 aliphatic rings. The van der Waals surface area contributed by atoms with Gasteiger partial charge in [-0.05, 0) is 69.3 Å². The van der Waals surface area contributed by atoms with Crippen LogP contribution in [0.1, 0.15) is 48.1 Å². The predicted molar refractivity (Wildman–Crippen MR) is 120 cm³/mol. The molecule has 0 aliphatic carbocycles. The van der Waals surface area contributed by atoms with Crippen molar-refractivity contribution in [3.05, 3.63) is 62.4 Å². The summed E-state index contributed by atoms with van der Waals surface area (Å²) in [5.41, 5.74) is 6.60. The van der Waals surface area contributed by atoms with Gasteiger partial charge in [-0.1, -0.05) is 13.0 Å². The van der Waals surface area contributed by atoms with Crippen molar-refractivity contribution in [3.63, 3.8) is 0 Å². The predicted octanol–water partition coefficient (Wildman–Crippen LogP) is 3.52. The van der Waals surface area contributed by atoms with E-state index in [1.54, 1.807) is 4.57 Å². The largest absolute Gasteiger partial charge is 0.460 e. The Hall–Kier alpha value is -2.99. The second-order valence-corrected chi connectivity index (χ2v) is 9.24. The zero-order valence-electron chi connectivity index (χ0n) is 18.7. The van der Waals surface area contributed by atoms with E-state index in [1.165, 1.54) is 11.1 Å². The fraction of sp³-hybridized carbons (Fsp3) is 0.400. The van der Waals surface area contributed by atoms with Crippen LogP contribution in [-0.2, 0) is 34.6 Å². The molecule has 1 aromatic carbocycles. The number of pyridine rings is 2. The topological polar surface area (TPSA) is 64.4 Å². The smallest absolute Gasteiger partial charge is 0.316 e. The van der Waals surface area contributed by atoms with Gasteiger partial charge in [0.05, 0.1) is 34.4 Å². The van der Waals surface area contributed by atoms with Crippen LogP contribution in [0, 0.1) is 6.92 Å². The molecule has 0 saturated heterocycles. The highest BCUT2D eigenvalue weighted by atomic mass is 16.5. The Labute approximate surface area is 181 Å². The quantitative estimate of drug-likeness (QED) is 0.477. The number of rotatable bonds is 3. The van der Waals surface area contributed by atoms with E-state index in [0.29, 0.717) is 18.5 Å². The van der Waals surface area contributed by atoms with Gasteiger partial charge in [-0.3, -0.25) is 9.59 Å². The minimum absolute atomic E-state index is 0.0425. The van der Waals surface area contributed by atoms with Gasteiger partial charge >= 0.3 is 5.97 Å². The number of carbonyl (C=O) groups is 1. The first-order valence-electron chi connectivity index (χ1n) is 10.8. The highest BCUT2D eigenvalue weighted by Gasteiger charge is 2.43. The lowest BCUT2D eigenvalue weighted by Crippen LogP contribution is -2.42. The third-order valence-corrected chi connectivity index (χ3v) is 6.97. The minimum atomic E-state index is -0.808. The van der Waals surface area contributed by atoms with Gasteiger partial charge < -0.3 is 14.2 Å². The van der Waals surface area contributed by atoms with E-state index in [4.69, 9.17) is 9.72 Å². The molecule has 5 rings (SSSR count). The summed E-state index contributed by atoms with van der Waals surface area (Å²) in [6, 6.07) is 8.35. The second-order valence-electron chi connectivity index (χ2n) is 9.24. The lowest BCUT2D eigenvalue weighted by molar-refractivity contribution is -0.153. The van der Waals surface area contributed by atoms with Crippen molar-refractivity contribution in [2.24, 2.45) is 0 Å². The number of benzene rings is 1. The molecule has 6 heteroatoms. The van der Waals surface area contributed by atoms with E-state index < -0.39 is 5.41 Å². The average Bonchev–Trinajstić information content (AvgIpc) is 3.10. The SMILES string of the molecule is CCC1(C)C(=O)OCc2c1cc1n(c2=O)Cc2cc3c(CN(C)C)c(C)ccc3nc2-1. The molecule has 3 aromatic rings. The number of aromatic nitrogens is 2. The molecule has 31 heavy (non-hydrogen) atoms. The Balaban J connectivity index is 1.75.